The molecule has 11 heteroatoms. The van der Waals surface area contributed by atoms with Crippen molar-refractivity contribution in [2.45, 2.75) is 41.4 Å². The predicted molar refractivity (Wildman–Crippen MR) is 123 cm³/mol. The number of nitrogens with one attached hydrogen (secondary N) is 1. The van der Waals surface area contributed by atoms with Crippen LogP contribution in [-0.2, 0) is 19.9 Å². The summed E-state index contributed by atoms with van der Waals surface area (Å²) in [5.41, 5.74) is -0.223. The van der Waals surface area contributed by atoms with E-state index >= 15 is 0 Å². The number of hydrogen-bond donors (Lipinski definition) is 2. The van der Waals surface area contributed by atoms with Crippen LogP contribution in [0.15, 0.2) is 75.4 Å². The Labute approximate surface area is 191 Å². The molecule has 0 aliphatic heterocycles. The summed E-state index contributed by atoms with van der Waals surface area (Å²) in [5.74, 6) is -0.978. The Bertz CT molecular complexity index is 1430. The van der Waals surface area contributed by atoms with Gasteiger partial charge in [-0.1, -0.05) is 38.1 Å². The largest absolute Gasteiger partial charge is 0.506 e. The lowest BCUT2D eigenvalue weighted by Crippen LogP contribution is -2.17. The first-order chi connectivity index (χ1) is 15.4. The topological polar surface area (TPSA) is 144 Å². The number of hydrogen-bond acceptors (Lipinski definition) is 7. The number of sulfonamides is 1. The van der Waals surface area contributed by atoms with Crippen molar-refractivity contribution in [3.8, 4) is 5.75 Å². The minimum Gasteiger partial charge on any atom is -0.506 e. The van der Waals surface area contributed by atoms with Crippen LogP contribution in [0.2, 0.25) is 0 Å². The Morgan fingerprint density at radius 1 is 0.939 bits per heavy atom. The van der Waals surface area contributed by atoms with Crippen molar-refractivity contribution in [3.05, 3.63) is 81.9 Å². The van der Waals surface area contributed by atoms with Crippen molar-refractivity contribution in [3.63, 3.8) is 0 Å². The van der Waals surface area contributed by atoms with Crippen LogP contribution < -0.4 is 4.72 Å². The van der Waals surface area contributed by atoms with E-state index in [0.717, 1.165) is 12.1 Å². The lowest BCUT2D eigenvalue weighted by atomic mass is 9.99. The van der Waals surface area contributed by atoms with Crippen molar-refractivity contribution in [2.24, 2.45) is 0 Å². The van der Waals surface area contributed by atoms with Gasteiger partial charge in [0.25, 0.3) is 15.7 Å². The first kappa shape index (κ1) is 24.2. The molecule has 0 heterocycles. The highest BCUT2D eigenvalue weighted by atomic mass is 32.2. The summed E-state index contributed by atoms with van der Waals surface area (Å²) in [7, 11) is -8.52. The molecule has 0 amide bonds. The van der Waals surface area contributed by atoms with E-state index in [1.807, 2.05) is 0 Å². The second-order valence-corrected chi connectivity index (χ2v) is 11.2. The number of aryl methyl sites for hydroxylation is 1. The van der Waals surface area contributed by atoms with Gasteiger partial charge in [-0.25, -0.2) is 16.8 Å². The molecule has 0 aliphatic rings. The number of sulfone groups is 1. The third-order valence-electron chi connectivity index (χ3n) is 4.97. The maximum Gasteiger partial charge on any atom is 0.270 e. The van der Waals surface area contributed by atoms with Gasteiger partial charge in [0.2, 0.25) is 9.84 Å². The van der Waals surface area contributed by atoms with Gasteiger partial charge in [0.15, 0.2) is 0 Å². The first-order valence-electron chi connectivity index (χ1n) is 9.80. The Hall–Kier alpha value is -3.44. The molecule has 0 saturated carbocycles. The SMILES string of the molecule is Cc1cc(NS(=O)(=O)c2cccc([N+](=O)[O-])c2)c(C(C)C)c(S(=O)(=O)c2ccccc2)c1O. The van der Waals surface area contributed by atoms with Crippen LogP contribution in [0, 0.1) is 17.0 Å². The summed E-state index contributed by atoms with van der Waals surface area (Å²) < 4.78 is 55.3. The maximum absolute atomic E-state index is 13.4. The van der Waals surface area contributed by atoms with Gasteiger partial charge in [-0.3, -0.25) is 14.8 Å². The Morgan fingerprint density at radius 3 is 2.12 bits per heavy atom. The van der Waals surface area contributed by atoms with E-state index in [4.69, 9.17) is 0 Å². The molecular formula is C22H22N2O7S2. The van der Waals surface area contributed by atoms with Gasteiger partial charge in [0.05, 0.1) is 20.4 Å². The van der Waals surface area contributed by atoms with Gasteiger partial charge in [0, 0.05) is 17.7 Å². The molecule has 3 aromatic carbocycles. The molecule has 33 heavy (non-hydrogen) atoms. The molecule has 0 aromatic heterocycles. The van der Waals surface area contributed by atoms with Gasteiger partial charge < -0.3 is 5.11 Å². The zero-order valence-electron chi connectivity index (χ0n) is 18.0. The highest BCUT2D eigenvalue weighted by Gasteiger charge is 2.31. The average Bonchev–Trinajstić information content (AvgIpc) is 2.76. The van der Waals surface area contributed by atoms with Crippen LogP contribution >= 0.6 is 0 Å². The lowest BCUT2D eigenvalue weighted by molar-refractivity contribution is -0.385. The molecule has 3 aromatic rings. The second-order valence-electron chi connectivity index (χ2n) is 7.66. The van der Waals surface area contributed by atoms with E-state index in [2.05, 4.69) is 4.72 Å². The number of non-ortho nitro benzene ring substituents is 1. The number of nitro groups is 1. The van der Waals surface area contributed by atoms with E-state index in [1.165, 1.54) is 37.3 Å². The third-order valence-corrected chi connectivity index (χ3v) is 8.17. The third kappa shape index (κ3) is 4.69. The minimum atomic E-state index is -4.31. The summed E-state index contributed by atoms with van der Waals surface area (Å²) in [4.78, 5) is 9.53. The standard InChI is InChI=1S/C22H22N2O7S2/c1-14(2)20-19(23-33(30,31)18-11-7-8-16(13-18)24(26)27)12-15(3)21(25)22(20)32(28,29)17-9-5-4-6-10-17/h4-14,23,25H,1-3H3. The molecule has 0 unspecified atom stereocenters. The number of benzene rings is 3. The Morgan fingerprint density at radius 2 is 1.55 bits per heavy atom. The zero-order chi connectivity index (χ0) is 24.6. The fourth-order valence-corrected chi connectivity index (χ4v) is 6.32. The number of anilines is 1. The summed E-state index contributed by atoms with van der Waals surface area (Å²) in [5, 5.41) is 21.8. The van der Waals surface area contributed by atoms with Gasteiger partial charge in [-0.2, -0.15) is 0 Å². The highest BCUT2D eigenvalue weighted by Crippen LogP contribution is 2.42. The van der Waals surface area contributed by atoms with Crippen molar-refractivity contribution >= 4 is 31.2 Å². The van der Waals surface area contributed by atoms with Crippen LogP contribution in [0.5, 0.6) is 5.75 Å². The normalized spacial score (nSPS) is 12.0. The van der Waals surface area contributed by atoms with Gasteiger partial charge >= 0.3 is 0 Å². The average molecular weight is 491 g/mol. The van der Waals surface area contributed by atoms with Crippen LogP contribution in [0.25, 0.3) is 0 Å². The molecule has 0 aliphatic carbocycles. The molecule has 0 spiro atoms. The number of phenols is 1. The lowest BCUT2D eigenvalue weighted by Gasteiger charge is -2.22. The van der Waals surface area contributed by atoms with E-state index < -0.39 is 42.1 Å². The first-order valence-corrected chi connectivity index (χ1v) is 12.8. The fraction of sp³-hybridized carbons (Fsp3) is 0.182. The minimum absolute atomic E-state index is 0.0405. The number of phenolic OH excluding ortho intramolecular Hbond substituents is 1. The molecule has 0 bridgehead atoms. The quantitative estimate of drug-likeness (QED) is 0.284. The van der Waals surface area contributed by atoms with E-state index in [9.17, 15) is 32.1 Å². The Balaban J connectivity index is 2.24. The molecule has 2 N–H and O–H groups in total. The van der Waals surface area contributed by atoms with Crippen molar-refractivity contribution < 1.29 is 26.9 Å². The van der Waals surface area contributed by atoms with Gasteiger partial charge in [-0.15, -0.1) is 0 Å². The zero-order valence-corrected chi connectivity index (χ0v) is 19.6. The molecule has 0 atom stereocenters. The maximum atomic E-state index is 13.4. The molecule has 9 nitrogen and oxygen atoms in total. The van der Waals surface area contributed by atoms with Crippen LogP contribution in [0.4, 0.5) is 11.4 Å². The van der Waals surface area contributed by atoms with Gasteiger partial charge in [0.1, 0.15) is 10.6 Å². The van der Waals surface area contributed by atoms with Crippen molar-refractivity contribution in [2.75, 3.05) is 4.72 Å². The molecule has 0 radical (unpaired) electrons. The fourth-order valence-electron chi connectivity index (χ4n) is 3.41. The summed E-state index contributed by atoms with van der Waals surface area (Å²) >= 11 is 0. The van der Waals surface area contributed by atoms with E-state index in [-0.39, 0.29) is 31.5 Å². The number of rotatable bonds is 7. The number of nitro benzene ring substituents is 1. The summed E-state index contributed by atoms with van der Waals surface area (Å²) in [6.45, 7) is 4.78. The highest BCUT2D eigenvalue weighted by molar-refractivity contribution is 7.93. The van der Waals surface area contributed by atoms with Gasteiger partial charge in [-0.05, 0) is 42.7 Å². The van der Waals surface area contributed by atoms with Crippen molar-refractivity contribution in [1.29, 1.82) is 0 Å². The van der Waals surface area contributed by atoms with Crippen LogP contribution in [-0.4, -0.2) is 26.9 Å². The predicted octanol–water partition coefficient (Wildman–Crippen LogP) is 4.37. The number of aromatic hydroxyl groups is 1. The van der Waals surface area contributed by atoms with Crippen LogP contribution in [0.1, 0.15) is 30.9 Å². The van der Waals surface area contributed by atoms with Crippen LogP contribution in [0.3, 0.4) is 0 Å². The smallest absolute Gasteiger partial charge is 0.270 e. The number of nitrogens with zero attached hydrogens (tertiary/aromatic N) is 1. The monoisotopic (exact) mass is 490 g/mol. The summed E-state index contributed by atoms with van der Waals surface area (Å²) in [6.07, 6.45) is 0. The van der Waals surface area contributed by atoms with E-state index in [1.54, 1.807) is 32.0 Å². The van der Waals surface area contributed by atoms with Crippen molar-refractivity contribution in [1.82, 2.24) is 0 Å². The Kier molecular flexibility index (Phi) is 6.48. The molecular weight excluding hydrogens is 468 g/mol. The molecule has 0 saturated heterocycles. The molecule has 3 rings (SSSR count). The van der Waals surface area contributed by atoms with E-state index in [0.29, 0.717) is 0 Å². The summed E-state index contributed by atoms with van der Waals surface area (Å²) in [6, 6.07) is 13.3. The molecule has 174 valence electrons. The second kappa shape index (κ2) is 8.83. The molecule has 0 fully saturated rings.